The first kappa shape index (κ1) is 14.7. The van der Waals surface area contributed by atoms with Gasteiger partial charge in [0.1, 0.15) is 5.75 Å². The van der Waals surface area contributed by atoms with Gasteiger partial charge in [-0.3, -0.25) is 0 Å². The average Bonchev–Trinajstić information content (AvgIpc) is 2.55. The van der Waals surface area contributed by atoms with E-state index < -0.39 is 0 Å². The Hall–Kier alpha value is -2.67. The van der Waals surface area contributed by atoms with E-state index in [1.807, 2.05) is 24.3 Å². The van der Waals surface area contributed by atoms with Gasteiger partial charge in [0.25, 0.3) is 0 Å². The van der Waals surface area contributed by atoms with Crippen LogP contribution >= 0.6 is 0 Å². The summed E-state index contributed by atoms with van der Waals surface area (Å²) in [4.78, 5) is 0. The van der Waals surface area contributed by atoms with Gasteiger partial charge in [0.2, 0.25) is 0 Å². The molecule has 0 amide bonds. The van der Waals surface area contributed by atoms with E-state index in [-0.39, 0.29) is 0 Å². The van der Waals surface area contributed by atoms with Gasteiger partial charge >= 0.3 is 0 Å². The molecule has 0 aliphatic rings. The van der Waals surface area contributed by atoms with Crippen LogP contribution in [0.4, 0.5) is 0 Å². The highest BCUT2D eigenvalue weighted by atomic mass is 16.5. The molecule has 0 aromatic heterocycles. The summed E-state index contributed by atoms with van der Waals surface area (Å²) < 4.78 is 16.1. The van der Waals surface area contributed by atoms with Crippen LogP contribution in [0.3, 0.4) is 0 Å². The summed E-state index contributed by atoms with van der Waals surface area (Å²) in [6, 6.07) is 15.1. The molecule has 0 unspecified atom stereocenters. The van der Waals surface area contributed by atoms with Crippen molar-refractivity contribution in [1.82, 2.24) is 0 Å². The molecule has 2 aromatic rings. The Morgan fingerprint density at radius 2 is 1.71 bits per heavy atom. The lowest BCUT2D eigenvalue weighted by molar-refractivity contribution is 0.297. The van der Waals surface area contributed by atoms with Crippen molar-refractivity contribution in [1.29, 1.82) is 5.26 Å². The van der Waals surface area contributed by atoms with Crippen molar-refractivity contribution >= 4 is 0 Å². The van der Waals surface area contributed by atoms with Crippen LogP contribution in [0.25, 0.3) is 0 Å². The van der Waals surface area contributed by atoms with Crippen molar-refractivity contribution in [2.24, 2.45) is 0 Å². The van der Waals surface area contributed by atoms with E-state index in [2.05, 4.69) is 6.07 Å². The van der Waals surface area contributed by atoms with E-state index in [9.17, 15) is 0 Å². The molecule has 0 saturated carbocycles. The third-order valence-electron chi connectivity index (χ3n) is 3.10. The lowest BCUT2D eigenvalue weighted by Crippen LogP contribution is -2.03. The Labute approximate surface area is 124 Å². The maximum absolute atomic E-state index is 8.86. The van der Waals surface area contributed by atoms with Gasteiger partial charge in [0.05, 0.1) is 32.5 Å². The molecule has 4 heteroatoms. The molecule has 0 spiro atoms. The number of benzene rings is 2. The van der Waals surface area contributed by atoms with E-state index in [4.69, 9.17) is 19.5 Å². The molecule has 0 saturated heterocycles. The molecular formula is C17H17NO3. The van der Waals surface area contributed by atoms with Crippen molar-refractivity contribution in [2.75, 3.05) is 20.8 Å². The predicted octanol–water partition coefficient (Wildman–Crippen LogP) is 3.20. The number of hydrogen-bond donors (Lipinski definition) is 0. The number of nitrogens with zero attached hydrogens (tertiary/aromatic N) is 1. The average molecular weight is 283 g/mol. The van der Waals surface area contributed by atoms with E-state index in [1.165, 1.54) is 5.56 Å². The third-order valence-corrected chi connectivity index (χ3v) is 3.10. The normalized spacial score (nSPS) is 9.76. The number of ether oxygens (including phenoxy) is 3. The standard InChI is InChI=1S/C17H17NO3/c1-19-15-6-3-13(4-7-15)9-10-21-16-8-5-14(12-18)11-17(16)20-2/h3-8,11H,9-10H2,1-2H3. The van der Waals surface area contributed by atoms with Crippen molar-refractivity contribution in [3.63, 3.8) is 0 Å². The van der Waals surface area contributed by atoms with Crippen LogP contribution in [0.2, 0.25) is 0 Å². The second-order valence-corrected chi connectivity index (χ2v) is 4.42. The molecule has 2 rings (SSSR count). The maximum atomic E-state index is 8.86. The first-order valence-electron chi connectivity index (χ1n) is 6.60. The lowest BCUT2D eigenvalue weighted by Gasteiger charge is -2.11. The van der Waals surface area contributed by atoms with Gasteiger partial charge in [-0.1, -0.05) is 12.1 Å². The van der Waals surface area contributed by atoms with Gasteiger partial charge in [-0.25, -0.2) is 0 Å². The highest BCUT2D eigenvalue weighted by Crippen LogP contribution is 2.27. The minimum absolute atomic E-state index is 0.536. The Morgan fingerprint density at radius 3 is 2.33 bits per heavy atom. The molecule has 21 heavy (non-hydrogen) atoms. The molecule has 0 bridgehead atoms. The first-order chi connectivity index (χ1) is 10.3. The largest absolute Gasteiger partial charge is 0.497 e. The lowest BCUT2D eigenvalue weighted by atomic mass is 10.1. The summed E-state index contributed by atoms with van der Waals surface area (Å²) in [6.07, 6.45) is 0.785. The molecule has 0 aliphatic heterocycles. The Morgan fingerprint density at radius 1 is 0.952 bits per heavy atom. The van der Waals surface area contributed by atoms with Gasteiger partial charge in [-0.15, -0.1) is 0 Å². The van der Waals surface area contributed by atoms with E-state index >= 15 is 0 Å². The maximum Gasteiger partial charge on any atom is 0.162 e. The topological polar surface area (TPSA) is 51.5 Å². The summed E-state index contributed by atoms with van der Waals surface area (Å²) >= 11 is 0. The minimum atomic E-state index is 0.536. The molecule has 0 heterocycles. The third kappa shape index (κ3) is 3.90. The summed E-state index contributed by atoms with van der Waals surface area (Å²) in [5, 5.41) is 8.86. The molecule has 0 radical (unpaired) electrons. The molecule has 4 nitrogen and oxygen atoms in total. The molecule has 0 aliphatic carbocycles. The van der Waals surface area contributed by atoms with E-state index in [1.54, 1.807) is 32.4 Å². The van der Waals surface area contributed by atoms with Crippen LogP contribution in [0.1, 0.15) is 11.1 Å². The van der Waals surface area contributed by atoms with Crippen LogP contribution < -0.4 is 14.2 Å². The number of nitriles is 1. The second kappa shape index (κ2) is 7.20. The van der Waals surface area contributed by atoms with Crippen LogP contribution in [0, 0.1) is 11.3 Å². The van der Waals surface area contributed by atoms with Crippen molar-refractivity contribution < 1.29 is 14.2 Å². The van der Waals surface area contributed by atoms with E-state index in [0.717, 1.165) is 12.2 Å². The molecule has 0 atom stereocenters. The Bertz CT molecular complexity index is 629. The smallest absolute Gasteiger partial charge is 0.162 e. The Balaban J connectivity index is 1.95. The zero-order valence-electron chi connectivity index (χ0n) is 12.1. The van der Waals surface area contributed by atoms with Gasteiger partial charge in [-0.2, -0.15) is 5.26 Å². The molecule has 2 aromatic carbocycles. The van der Waals surface area contributed by atoms with Crippen LogP contribution in [0.15, 0.2) is 42.5 Å². The fraction of sp³-hybridized carbons (Fsp3) is 0.235. The van der Waals surface area contributed by atoms with E-state index in [0.29, 0.717) is 23.7 Å². The fourth-order valence-corrected chi connectivity index (χ4v) is 1.93. The molecule has 0 N–H and O–H groups in total. The summed E-state index contributed by atoms with van der Waals surface area (Å²) in [7, 11) is 3.21. The summed E-state index contributed by atoms with van der Waals surface area (Å²) in [5.74, 6) is 2.06. The number of methoxy groups -OCH3 is 2. The highest BCUT2D eigenvalue weighted by molar-refractivity contribution is 5.46. The first-order valence-corrected chi connectivity index (χ1v) is 6.60. The zero-order chi connectivity index (χ0) is 15.1. The fourth-order valence-electron chi connectivity index (χ4n) is 1.93. The second-order valence-electron chi connectivity index (χ2n) is 4.42. The van der Waals surface area contributed by atoms with Crippen LogP contribution in [-0.4, -0.2) is 20.8 Å². The quantitative estimate of drug-likeness (QED) is 0.817. The van der Waals surface area contributed by atoms with Crippen LogP contribution in [-0.2, 0) is 6.42 Å². The SMILES string of the molecule is COc1ccc(CCOc2ccc(C#N)cc2OC)cc1. The van der Waals surface area contributed by atoms with Gasteiger partial charge in [0.15, 0.2) is 11.5 Å². The number of rotatable bonds is 6. The van der Waals surface area contributed by atoms with Crippen molar-refractivity contribution in [2.45, 2.75) is 6.42 Å². The number of hydrogen-bond acceptors (Lipinski definition) is 4. The highest BCUT2D eigenvalue weighted by Gasteiger charge is 2.05. The van der Waals surface area contributed by atoms with Crippen LogP contribution in [0.5, 0.6) is 17.2 Å². The van der Waals surface area contributed by atoms with Crippen molar-refractivity contribution in [3.05, 3.63) is 53.6 Å². The summed E-state index contributed by atoms with van der Waals surface area (Å²) in [5.41, 5.74) is 1.72. The van der Waals surface area contributed by atoms with Gasteiger partial charge in [0, 0.05) is 12.5 Å². The summed E-state index contributed by atoms with van der Waals surface area (Å²) in [6.45, 7) is 0.536. The molecule has 0 fully saturated rings. The molecule has 108 valence electrons. The zero-order valence-corrected chi connectivity index (χ0v) is 12.1. The monoisotopic (exact) mass is 283 g/mol. The predicted molar refractivity (Wildman–Crippen MR) is 79.9 cm³/mol. The minimum Gasteiger partial charge on any atom is -0.497 e. The van der Waals surface area contributed by atoms with Crippen molar-refractivity contribution in [3.8, 4) is 23.3 Å². The Kier molecular flexibility index (Phi) is 5.05. The van der Waals surface area contributed by atoms with Gasteiger partial charge < -0.3 is 14.2 Å². The molecular weight excluding hydrogens is 266 g/mol. The van der Waals surface area contributed by atoms with Gasteiger partial charge in [-0.05, 0) is 29.8 Å².